The predicted octanol–water partition coefficient (Wildman–Crippen LogP) is -0.110. The third-order valence-electron chi connectivity index (χ3n) is 5.45. The molecule has 0 aromatic carbocycles. The standard InChI is InChI=1S/C9H10BNO3.2C8H8BNO3.2CH4.3U/c1-2-7(12)6(10)5-11-8(13)3-4-9(11)14;1-5(11)4-6(9)10-7(12)2-3-8(10)13;1-2-5(11)8(9)10-6(12)3-4-7(10)13;;;;;/h3-4,6H,2,5H2,1H3;2-3,6H,4H2,1H3;3-4,8H,2H2,1H3;2*1H4;;;/i;1D;;;;;;. The van der Waals surface area contributed by atoms with Crippen molar-refractivity contribution >= 4 is 76.3 Å². The minimum Gasteiger partial charge on any atom is -0.300 e. The molecule has 3 rings (SSSR count). The van der Waals surface area contributed by atoms with Gasteiger partial charge in [0.1, 0.15) is 33.0 Å². The molecule has 3 atom stereocenters. The van der Waals surface area contributed by atoms with E-state index in [2.05, 4.69) is 0 Å². The van der Waals surface area contributed by atoms with Crippen LogP contribution in [0.4, 0.5) is 0 Å². The maximum absolute atomic E-state index is 11.1. The smallest absolute Gasteiger partial charge is 0.253 e. The number of amides is 6. The number of hydrogen-bond donors (Lipinski definition) is 0. The zero-order chi connectivity index (χ0) is 31.4. The van der Waals surface area contributed by atoms with Gasteiger partial charge in [0.2, 0.25) is 0 Å². The first-order chi connectivity index (χ1) is 19.2. The topological polar surface area (TPSA) is 163 Å². The Bertz CT molecular complexity index is 1180. The van der Waals surface area contributed by atoms with Crippen molar-refractivity contribution < 1.29 is 138 Å². The van der Waals surface area contributed by atoms with Gasteiger partial charge in [-0.1, -0.05) is 28.7 Å². The van der Waals surface area contributed by atoms with E-state index in [-0.39, 0.29) is 139 Å². The van der Waals surface area contributed by atoms with Crippen LogP contribution in [0.2, 0.25) is 5.82 Å². The van der Waals surface area contributed by atoms with Crippen molar-refractivity contribution in [3.8, 4) is 0 Å². The molecule has 0 fully saturated rings. The monoisotopic (exact) mass is 1290 g/mol. The molecule has 6 amide bonds. The van der Waals surface area contributed by atoms with Gasteiger partial charge in [0.25, 0.3) is 35.4 Å². The Balaban J connectivity index is -0.000000173. The third-order valence-corrected chi connectivity index (χ3v) is 5.45. The van der Waals surface area contributed by atoms with Gasteiger partial charge in [-0.3, -0.25) is 53.1 Å². The van der Waals surface area contributed by atoms with Gasteiger partial charge in [0.05, 0.1) is 13.8 Å². The fourth-order valence-corrected chi connectivity index (χ4v) is 3.27. The van der Waals surface area contributed by atoms with Gasteiger partial charge in [-0.2, -0.15) is 0 Å². The molecule has 232 valence electrons. The fourth-order valence-electron chi connectivity index (χ4n) is 3.27. The Morgan fingerprint density at radius 3 is 1.38 bits per heavy atom. The first-order valence-electron chi connectivity index (χ1n) is 12.7. The SMILES string of the molecule is C.C.[2H]CC(=O)CC([B])N1C(=O)C=CC1=O.[B]C(C(=O)CC)N1C(=O)C=CC1=O.[B]C(CN1C(=O)C=CC1=O)C(=O)CC.[U].[U].[U]. The molecule has 0 N–H and O–H groups in total. The van der Waals surface area contributed by atoms with Crippen LogP contribution in [0.25, 0.3) is 0 Å². The first kappa shape index (κ1) is 50.8. The Morgan fingerprint density at radius 1 is 0.667 bits per heavy atom. The van der Waals surface area contributed by atoms with Crippen molar-refractivity contribution in [2.75, 3.05) is 6.54 Å². The van der Waals surface area contributed by atoms with Crippen LogP contribution in [0.15, 0.2) is 36.5 Å². The number of carbonyl (C=O) groups excluding carboxylic acids is 9. The normalized spacial score (nSPS) is 16.2. The van der Waals surface area contributed by atoms with Crippen LogP contribution in [-0.2, 0) is 43.2 Å². The summed E-state index contributed by atoms with van der Waals surface area (Å²) >= 11 is 0. The zero-order valence-electron chi connectivity index (χ0n) is 24.5. The summed E-state index contributed by atoms with van der Waals surface area (Å²) in [4.78, 5) is 102. The number of ketones is 3. The van der Waals surface area contributed by atoms with Crippen LogP contribution in [0.1, 0.15) is 56.2 Å². The van der Waals surface area contributed by atoms with Gasteiger partial charge < -0.3 is 4.79 Å². The van der Waals surface area contributed by atoms with E-state index in [4.69, 9.17) is 24.9 Å². The van der Waals surface area contributed by atoms with Gasteiger partial charge in [0, 0.05) is 163 Å². The van der Waals surface area contributed by atoms with Crippen molar-refractivity contribution in [3.05, 3.63) is 36.5 Å². The molecule has 0 aliphatic carbocycles. The van der Waals surface area contributed by atoms with Crippen LogP contribution in [0, 0.1) is 93.3 Å². The van der Waals surface area contributed by atoms with E-state index >= 15 is 0 Å². The van der Waals surface area contributed by atoms with E-state index in [9.17, 15) is 43.2 Å². The molecule has 12 nitrogen and oxygen atoms in total. The molecule has 3 unspecified atom stereocenters. The molecule has 0 saturated heterocycles. The van der Waals surface area contributed by atoms with Crippen molar-refractivity contribution in [3.63, 3.8) is 0 Å². The Morgan fingerprint density at radius 2 is 1.02 bits per heavy atom. The molecule has 45 heavy (non-hydrogen) atoms. The van der Waals surface area contributed by atoms with E-state index in [0.717, 1.165) is 39.0 Å². The zero-order valence-corrected chi connectivity index (χ0v) is 36.0. The molecule has 3 aliphatic heterocycles. The molecule has 3 heterocycles. The molecule has 3 aliphatic rings. The Kier molecular flexibility index (Phi) is 29.4. The second-order valence-electron chi connectivity index (χ2n) is 8.38. The number of carbonyl (C=O) groups is 9. The average molecular weight is 1290 g/mol. The van der Waals surface area contributed by atoms with Crippen LogP contribution in [-0.4, -0.2) is 109 Å². The summed E-state index contributed by atoms with van der Waals surface area (Å²) in [6, 6.07) is 0. The van der Waals surface area contributed by atoms with Crippen molar-refractivity contribution in [1.82, 2.24) is 14.7 Å². The summed E-state index contributed by atoms with van der Waals surface area (Å²) in [5, 5.41) is 0. The largest absolute Gasteiger partial charge is 0.300 e. The molecule has 0 aromatic heterocycles. The van der Waals surface area contributed by atoms with Crippen LogP contribution in [0.3, 0.4) is 0 Å². The molecular weight excluding hydrogens is 1260 g/mol. The third kappa shape index (κ3) is 16.6. The second kappa shape index (κ2) is 26.0. The molecule has 0 bridgehead atoms. The van der Waals surface area contributed by atoms with Crippen LogP contribution >= 0.6 is 0 Å². The van der Waals surface area contributed by atoms with Gasteiger partial charge in [-0.25, -0.2) is 0 Å². The first-order valence-corrected chi connectivity index (χ1v) is 12.0. The van der Waals surface area contributed by atoms with E-state index in [1.54, 1.807) is 13.8 Å². The number of hydrogen-bond acceptors (Lipinski definition) is 9. The van der Waals surface area contributed by atoms with E-state index in [1.807, 2.05) is 0 Å². The van der Waals surface area contributed by atoms with Crippen LogP contribution in [0.5, 0.6) is 0 Å². The predicted molar refractivity (Wildman–Crippen MR) is 156 cm³/mol. The average Bonchev–Trinajstić information content (AvgIpc) is 3.58. The summed E-state index contributed by atoms with van der Waals surface area (Å²) in [6.07, 6.45) is 7.11. The molecule has 0 aromatic rings. The molecule has 18 heteroatoms. The van der Waals surface area contributed by atoms with Crippen molar-refractivity contribution in [1.29, 1.82) is 0 Å². The van der Waals surface area contributed by atoms with Gasteiger partial charge in [-0.15, -0.1) is 0 Å². The van der Waals surface area contributed by atoms with Gasteiger partial charge >= 0.3 is 0 Å². The molecule has 6 radical (unpaired) electrons. The minimum absolute atomic E-state index is 0. The quantitative estimate of drug-likeness (QED) is 0.215. The minimum atomic E-state index is -1.14. The fraction of sp³-hybridized carbons (Fsp3) is 0.444. The van der Waals surface area contributed by atoms with Gasteiger partial charge in [-0.05, 0) is 12.7 Å². The molecule has 0 spiro atoms. The van der Waals surface area contributed by atoms with Gasteiger partial charge in [0.15, 0.2) is 0 Å². The number of Topliss-reactive ketones (excluding diaryl/α,β-unsaturated/α-hetero) is 3. The van der Waals surface area contributed by atoms with Crippen molar-refractivity contribution in [2.24, 2.45) is 0 Å². The summed E-state index contributed by atoms with van der Waals surface area (Å²) in [5.74, 6) is -6.65. The molecule has 0 saturated carbocycles. The number of rotatable bonds is 10. The van der Waals surface area contributed by atoms with E-state index < -0.39 is 65.8 Å². The summed E-state index contributed by atoms with van der Waals surface area (Å²) < 4.78 is 6.76. The Hall–Kier alpha value is -0.999. The second-order valence-corrected chi connectivity index (χ2v) is 8.38. The van der Waals surface area contributed by atoms with E-state index in [0.29, 0.717) is 6.42 Å². The summed E-state index contributed by atoms with van der Waals surface area (Å²) in [6.45, 7) is 2.89. The van der Waals surface area contributed by atoms with Crippen molar-refractivity contribution in [2.45, 2.75) is 72.6 Å². The Labute approximate surface area is 340 Å². The number of imide groups is 3. The van der Waals surface area contributed by atoms with E-state index in [1.165, 1.54) is 12.2 Å². The number of nitrogens with zero attached hydrogens (tertiary/aromatic N) is 3. The summed E-state index contributed by atoms with van der Waals surface area (Å²) in [7, 11) is 16.4. The maximum Gasteiger partial charge on any atom is 0.253 e. The molecular formula is C27H34B3N3O9U3. The summed E-state index contributed by atoms with van der Waals surface area (Å²) in [5.41, 5.74) is 0. The maximum atomic E-state index is 11.1. The van der Waals surface area contributed by atoms with Crippen LogP contribution < -0.4 is 0 Å².